The minimum Gasteiger partial charge on any atom is -0.493 e. The summed E-state index contributed by atoms with van der Waals surface area (Å²) < 4.78 is 148. The fourth-order valence-corrected chi connectivity index (χ4v) is 4.18. The summed E-state index contributed by atoms with van der Waals surface area (Å²) in [6.45, 7) is -0.494. The van der Waals surface area contributed by atoms with Gasteiger partial charge < -0.3 is 30.1 Å². The molecule has 0 aliphatic heterocycles. The molecule has 0 aliphatic carbocycles. The normalized spacial score (nSPS) is 13.5. The zero-order chi connectivity index (χ0) is 35.8. The van der Waals surface area contributed by atoms with Crippen LogP contribution in [0.4, 0.5) is 39.5 Å². The molecule has 0 aliphatic rings. The summed E-state index contributed by atoms with van der Waals surface area (Å²) in [7, 11) is 0. The zero-order valence-electron chi connectivity index (χ0n) is 25.4. The van der Waals surface area contributed by atoms with Crippen LogP contribution < -0.4 is 20.9 Å². The van der Waals surface area contributed by atoms with E-state index in [0.29, 0.717) is 17.4 Å². The highest BCUT2D eigenvalue weighted by Gasteiger charge is 2.52. The van der Waals surface area contributed by atoms with Gasteiger partial charge >= 0.3 is 30.8 Å². The Bertz CT molecular complexity index is 1500. The molecule has 268 valence electrons. The number of nitrogens with two attached hydrogens (primary N) is 2. The van der Waals surface area contributed by atoms with Gasteiger partial charge in [-0.1, -0.05) is 25.8 Å². The Labute approximate surface area is 268 Å². The van der Waals surface area contributed by atoms with Crippen molar-refractivity contribution < 1.29 is 72.4 Å². The van der Waals surface area contributed by atoms with Crippen LogP contribution in [0.5, 0.6) is 11.5 Å². The average Bonchev–Trinajstić information content (AvgIpc) is 3.37. The lowest BCUT2D eigenvalue weighted by Gasteiger charge is -2.26. The molecular weight excluding hydrogens is 671 g/mol. The monoisotopic (exact) mass is 704 g/mol. The van der Waals surface area contributed by atoms with Crippen LogP contribution in [-0.2, 0) is 25.4 Å². The van der Waals surface area contributed by atoms with Gasteiger partial charge in [0.15, 0.2) is 0 Å². The maximum atomic E-state index is 14.1. The number of esters is 1. The lowest BCUT2D eigenvalue weighted by Crippen LogP contribution is -2.42. The van der Waals surface area contributed by atoms with E-state index in [2.05, 4.69) is 18.9 Å². The van der Waals surface area contributed by atoms with Crippen molar-refractivity contribution in [2.45, 2.75) is 76.4 Å². The summed E-state index contributed by atoms with van der Waals surface area (Å²) in [4.78, 5) is 11.3. The molecule has 3 aromatic rings. The molecule has 1 aromatic heterocycles. The minimum absolute atomic E-state index is 0.00206. The van der Waals surface area contributed by atoms with Crippen molar-refractivity contribution in [1.82, 2.24) is 0 Å². The van der Waals surface area contributed by atoms with Gasteiger partial charge in [0.1, 0.15) is 28.9 Å². The van der Waals surface area contributed by atoms with Crippen molar-refractivity contribution >= 4 is 16.9 Å². The number of halogens is 9. The lowest BCUT2D eigenvalue weighted by molar-refractivity contribution is -0.514. The fraction of sp³-hybridized carbons (Fsp3) is 0.500. The van der Waals surface area contributed by atoms with E-state index >= 15 is 0 Å². The van der Waals surface area contributed by atoms with Crippen molar-refractivity contribution in [3.8, 4) is 22.8 Å². The van der Waals surface area contributed by atoms with Gasteiger partial charge in [-0.3, -0.25) is 4.79 Å². The molecule has 0 fully saturated rings. The number of aryl methyl sites for hydroxylation is 1. The second-order valence-corrected chi connectivity index (χ2v) is 10.4. The Morgan fingerprint density at radius 2 is 1.54 bits per heavy atom. The number of alkyl halides is 9. The number of hydrogen-bond donors (Lipinski definition) is 2. The fourth-order valence-electron chi connectivity index (χ4n) is 4.18. The smallest absolute Gasteiger partial charge is 0.493 e. The molecule has 9 nitrogen and oxygen atoms in total. The van der Waals surface area contributed by atoms with E-state index in [1.165, 1.54) is 36.4 Å². The Morgan fingerprint density at radius 3 is 2.17 bits per heavy atom. The number of benzene rings is 2. The molecular formula is C30H33F9N2O7. The number of carbonyl (C=O) groups is 1. The van der Waals surface area contributed by atoms with Crippen LogP contribution in [0.2, 0.25) is 0 Å². The van der Waals surface area contributed by atoms with Crippen LogP contribution in [0.1, 0.15) is 44.6 Å². The van der Waals surface area contributed by atoms with E-state index in [0.717, 1.165) is 19.3 Å². The van der Waals surface area contributed by atoms with E-state index in [-0.39, 0.29) is 29.2 Å². The summed E-state index contributed by atoms with van der Waals surface area (Å²) in [6.07, 6.45) is -20.0. The summed E-state index contributed by atoms with van der Waals surface area (Å²) >= 11 is 0. The highest BCUT2D eigenvalue weighted by molar-refractivity contribution is 5.85. The van der Waals surface area contributed by atoms with Crippen LogP contribution in [0, 0.1) is 0 Å². The number of furan rings is 1. The van der Waals surface area contributed by atoms with Crippen LogP contribution in [0.3, 0.4) is 0 Å². The largest absolute Gasteiger partial charge is 0.573 e. The third kappa shape index (κ3) is 12.4. The first kappa shape index (κ1) is 38.7. The molecule has 1 heterocycles. The SMILES string of the molecule is CCCCCc1ccc(-c2cc3ccc(OCCC(F)(F)OC(F)(F)OC(F)(F)CCOC(=O)C(N)CN)cc3o2)c(OC(F)(F)F)c1. The van der Waals surface area contributed by atoms with Crippen LogP contribution >= 0.6 is 0 Å². The first-order valence-electron chi connectivity index (χ1n) is 14.5. The van der Waals surface area contributed by atoms with Gasteiger partial charge in [-0.15, -0.1) is 22.0 Å². The van der Waals surface area contributed by atoms with Crippen LogP contribution in [0.15, 0.2) is 46.9 Å². The van der Waals surface area contributed by atoms with E-state index in [1.54, 1.807) is 6.07 Å². The molecule has 0 spiro atoms. The zero-order valence-corrected chi connectivity index (χ0v) is 25.4. The van der Waals surface area contributed by atoms with Crippen LogP contribution in [0.25, 0.3) is 22.3 Å². The van der Waals surface area contributed by atoms with Gasteiger partial charge in [-0.05, 0) is 48.7 Å². The maximum absolute atomic E-state index is 14.1. The first-order valence-corrected chi connectivity index (χ1v) is 14.5. The molecule has 0 amide bonds. The van der Waals surface area contributed by atoms with Crippen LogP contribution in [-0.4, -0.2) is 56.6 Å². The minimum atomic E-state index is -5.48. The Balaban J connectivity index is 1.61. The maximum Gasteiger partial charge on any atom is 0.573 e. The molecule has 4 N–H and O–H groups in total. The van der Waals surface area contributed by atoms with Crippen molar-refractivity contribution in [3.63, 3.8) is 0 Å². The summed E-state index contributed by atoms with van der Waals surface area (Å²) in [6, 6.07) is 8.32. The quantitative estimate of drug-likeness (QED) is 0.0565. The third-order valence-corrected chi connectivity index (χ3v) is 6.49. The van der Waals surface area contributed by atoms with Crippen molar-refractivity contribution in [2.24, 2.45) is 11.5 Å². The average molecular weight is 705 g/mol. The predicted octanol–water partition coefficient (Wildman–Crippen LogP) is 7.49. The van der Waals surface area contributed by atoms with Gasteiger partial charge in [0, 0.05) is 18.0 Å². The standard InChI is InChI=1S/C30H33F9N2O7/c1-2-3-4-5-18-6-9-21(25(14-18)46-29(35,36)37)24-15-19-7-8-20(16-23(19)45-24)43-12-10-27(31,32)47-30(38,39)48-28(33,34)11-13-44-26(42)22(41)17-40/h6-9,14-16,22H,2-5,10-13,17,40-41H2,1H3. The molecule has 3 rings (SSSR count). The molecule has 0 bridgehead atoms. The molecule has 0 saturated carbocycles. The predicted molar refractivity (Wildman–Crippen MR) is 151 cm³/mol. The summed E-state index contributed by atoms with van der Waals surface area (Å²) in [5, 5.41) is 0.394. The van der Waals surface area contributed by atoms with Gasteiger partial charge in [-0.2, -0.15) is 17.6 Å². The topological polar surface area (TPSA) is 128 Å². The van der Waals surface area contributed by atoms with Gasteiger partial charge in [-0.25, -0.2) is 9.47 Å². The third-order valence-electron chi connectivity index (χ3n) is 6.49. The molecule has 0 radical (unpaired) electrons. The Morgan fingerprint density at radius 1 is 0.875 bits per heavy atom. The van der Waals surface area contributed by atoms with E-state index < -0.39 is 68.7 Å². The van der Waals surface area contributed by atoms with E-state index in [9.17, 15) is 44.3 Å². The highest BCUT2D eigenvalue weighted by Crippen LogP contribution is 2.39. The Hall–Kier alpha value is -3.74. The second-order valence-electron chi connectivity index (χ2n) is 10.4. The van der Waals surface area contributed by atoms with Gasteiger partial charge in [0.25, 0.3) is 0 Å². The highest BCUT2D eigenvalue weighted by atomic mass is 19.4. The van der Waals surface area contributed by atoms with E-state index in [1.807, 2.05) is 6.92 Å². The molecule has 1 atom stereocenters. The number of ether oxygens (including phenoxy) is 5. The molecule has 18 heteroatoms. The molecule has 1 unspecified atom stereocenters. The van der Waals surface area contributed by atoms with Crippen molar-refractivity contribution in [3.05, 3.63) is 48.0 Å². The number of hydrogen-bond acceptors (Lipinski definition) is 9. The molecule has 48 heavy (non-hydrogen) atoms. The number of fused-ring (bicyclic) bond motifs is 1. The number of rotatable bonds is 19. The van der Waals surface area contributed by atoms with Gasteiger partial charge in [0.2, 0.25) is 0 Å². The number of unbranched alkanes of at least 4 members (excludes halogenated alkanes) is 2. The lowest BCUT2D eigenvalue weighted by atomic mass is 10.0. The summed E-state index contributed by atoms with van der Waals surface area (Å²) in [5.74, 6) is -1.78. The second kappa shape index (κ2) is 16.1. The number of carbonyl (C=O) groups excluding carboxylic acids is 1. The first-order chi connectivity index (χ1) is 22.3. The summed E-state index contributed by atoms with van der Waals surface area (Å²) in [5.41, 5.74) is 11.0. The molecule has 2 aromatic carbocycles. The Kier molecular flexibility index (Phi) is 13.0. The molecule has 0 saturated heterocycles. The van der Waals surface area contributed by atoms with E-state index in [4.69, 9.17) is 20.6 Å². The van der Waals surface area contributed by atoms with Crippen molar-refractivity contribution in [2.75, 3.05) is 19.8 Å². The van der Waals surface area contributed by atoms with Crippen molar-refractivity contribution in [1.29, 1.82) is 0 Å². The van der Waals surface area contributed by atoms with Gasteiger partial charge in [0.05, 0.1) is 31.6 Å².